The number of carbonyl (C=O) groups is 2. The van der Waals surface area contributed by atoms with Crippen LogP contribution in [0, 0.1) is 6.92 Å². The fourth-order valence-electron chi connectivity index (χ4n) is 3.15. The lowest BCUT2D eigenvalue weighted by atomic mass is 10.1. The average molecular weight is 413 g/mol. The number of hydrogen-bond donors (Lipinski definition) is 1. The molecule has 1 saturated carbocycles. The van der Waals surface area contributed by atoms with E-state index < -0.39 is 6.04 Å². The van der Waals surface area contributed by atoms with E-state index in [1.807, 2.05) is 48.7 Å². The summed E-state index contributed by atoms with van der Waals surface area (Å²) in [5.74, 6) is -0.401. The summed E-state index contributed by atoms with van der Waals surface area (Å²) in [6.07, 6.45) is 1.80. The summed E-state index contributed by atoms with van der Waals surface area (Å²) >= 11 is 2.65. The van der Waals surface area contributed by atoms with E-state index in [4.69, 9.17) is 0 Å². The van der Waals surface area contributed by atoms with Crippen molar-refractivity contribution in [1.82, 2.24) is 19.8 Å². The van der Waals surface area contributed by atoms with Crippen LogP contribution < -0.4 is 5.32 Å². The number of nitrogens with zero attached hydrogens (tertiary/aromatic N) is 3. The van der Waals surface area contributed by atoms with Crippen molar-refractivity contribution in [1.29, 1.82) is 0 Å². The van der Waals surface area contributed by atoms with Gasteiger partial charge in [0.2, 0.25) is 5.91 Å². The molecule has 4 rings (SSSR count). The van der Waals surface area contributed by atoms with E-state index >= 15 is 0 Å². The van der Waals surface area contributed by atoms with Crippen molar-refractivity contribution in [2.45, 2.75) is 38.4 Å². The summed E-state index contributed by atoms with van der Waals surface area (Å²) in [5.41, 5.74) is 2.33. The monoisotopic (exact) mass is 412 g/mol. The van der Waals surface area contributed by atoms with Gasteiger partial charge in [-0.25, -0.2) is 0 Å². The average Bonchev–Trinajstić information content (AvgIpc) is 3.22. The molecule has 1 N–H and O–H groups in total. The first-order chi connectivity index (χ1) is 13.6. The van der Waals surface area contributed by atoms with Crippen LogP contribution in [0.4, 0.5) is 0 Å². The number of carbonyl (C=O) groups excluding carboxylic acids is 2. The Labute approximate surface area is 171 Å². The molecular formula is C20H20N4O2S2. The lowest BCUT2D eigenvalue weighted by Crippen LogP contribution is -2.44. The van der Waals surface area contributed by atoms with Crippen molar-refractivity contribution >= 4 is 34.7 Å². The zero-order valence-electron chi connectivity index (χ0n) is 15.4. The van der Waals surface area contributed by atoms with E-state index in [0.29, 0.717) is 12.2 Å². The van der Waals surface area contributed by atoms with Crippen LogP contribution in [0.25, 0.3) is 0 Å². The van der Waals surface area contributed by atoms with E-state index in [1.165, 1.54) is 11.3 Å². The second kappa shape index (κ2) is 8.20. The Balaban J connectivity index is 1.63. The van der Waals surface area contributed by atoms with Crippen molar-refractivity contribution in [3.05, 3.63) is 68.9 Å². The van der Waals surface area contributed by atoms with E-state index in [9.17, 15) is 9.59 Å². The third-order valence-corrected chi connectivity index (χ3v) is 6.32. The van der Waals surface area contributed by atoms with Crippen LogP contribution in [0.5, 0.6) is 0 Å². The van der Waals surface area contributed by atoms with Gasteiger partial charge in [-0.05, 0) is 53.9 Å². The van der Waals surface area contributed by atoms with Gasteiger partial charge in [-0.3, -0.25) is 9.59 Å². The number of amides is 2. The third-order valence-electron chi connectivity index (χ3n) is 4.74. The van der Waals surface area contributed by atoms with E-state index in [0.717, 1.165) is 40.4 Å². The number of hydrogen-bond acceptors (Lipinski definition) is 6. The van der Waals surface area contributed by atoms with Crippen molar-refractivity contribution < 1.29 is 9.59 Å². The second-order valence-corrected chi connectivity index (χ2v) is 8.37. The quantitative estimate of drug-likeness (QED) is 0.644. The second-order valence-electron chi connectivity index (χ2n) is 6.81. The van der Waals surface area contributed by atoms with Crippen LogP contribution in [0.15, 0.2) is 47.2 Å². The number of rotatable bonds is 7. The molecule has 1 aromatic carbocycles. The normalized spacial score (nSPS) is 14.5. The molecule has 2 heterocycles. The van der Waals surface area contributed by atoms with E-state index in [1.54, 1.807) is 10.3 Å². The molecule has 0 aliphatic heterocycles. The molecule has 0 saturated heterocycles. The van der Waals surface area contributed by atoms with Crippen LogP contribution in [0.1, 0.15) is 45.4 Å². The lowest BCUT2D eigenvalue weighted by molar-refractivity contribution is -0.126. The van der Waals surface area contributed by atoms with Crippen LogP contribution in [0.3, 0.4) is 0 Å². The Kier molecular flexibility index (Phi) is 5.50. The number of thiophene rings is 1. The minimum Gasteiger partial charge on any atom is -0.350 e. The minimum absolute atomic E-state index is 0.0585. The molecule has 1 fully saturated rings. The van der Waals surface area contributed by atoms with E-state index in [-0.39, 0.29) is 17.9 Å². The third kappa shape index (κ3) is 3.98. The van der Waals surface area contributed by atoms with Gasteiger partial charge >= 0.3 is 0 Å². The topological polar surface area (TPSA) is 75.2 Å². The highest BCUT2D eigenvalue weighted by Crippen LogP contribution is 2.38. The number of aromatic nitrogens is 2. The predicted octanol–water partition coefficient (Wildman–Crippen LogP) is 3.57. The molecule has 2 amide bonds. The summed E-state index contributed by atoms with van der Waals surface area (Å²) in [6.45, 7) is 2.40. The summed E-state index contributed by atoms with van der Waals surface area (Å²) in [7, 11) is 0. The Hall–Kier alpha value is -2.58. The molecule has 1 atom stereocenters. The molecule has 144 valence electrons. The van der Waals surface area contributed by atoms with Gasteiger partial charge in [0.05, 0.1) is 0 Å². The maximum atomic E-state index is 13.3. The molecule has 0 spiro atoms. The molecule has 6 nitrogen and oxygen atoms in total. The highest BCUT2D eigenvalue weighted by atomic mass is 32.1. The highest BCUT2D eigenvalue weighted by Gasteiger charge is 2.43. The molecule has 1 aliphatic carbocycles. The van der Waals surface area contributed by atoms with Gasteiger partial charge in [0.1, 0.15) is 6.04 Å². The van der Waals surface area contributed by atoms with Crippen molar-refractivity contribution in [2.24, 2.45) is 0 Å². The maximum absolute atomic E-state index is 13.3. The zero-order chi connectivity index (χ0) is 19.5. The Bertz CT molecular complexity index is 952. The molecule has 8 heteroatoms. The standard InChI is InChI=1S/C20H20N4O2S2/c1-13-9-10-27-18(13)17(19(25)21-11-14-5-3-2-4-6-14)24(15-7-8-15)20(26)16-12-28-23-22-16/h2-6,9-10,12,15,17H,7-8,11H2,1H3,(H,21,25)/t17-/m1/s1. The number of benzene rings is 1. The fourth-order valence-corrected chi connectivity index (χ4v) is 4.61. The summed E-state index contributed by atoms with van der Waals surface area (Å²) in [4.78, 5) is 29.1. The molecule has 28 heavy (non-hydrogen) atoms. The van der Waals surface area contributed by atoms with Crippen molar-refractivity contribution in [3.63, 3.8) is 0 Å². The van der Waals surface area contributed by atoms with Crippen molar-refractivity contribution in [2.75, 3.05) is 0 Å². The zero-order valence-corrected chi connectivity index (χ0v) is 17.0. The molecule has 3 aromatic rings. The Morgan fingerprint density at radius 1 is 1.25 bits per heavy atom. The molecule has 0 bridgehead atoms. The molecular weight excluding hydrogens is 392 g/mol. The SMILES string of the molecule is Cc1ccsc1[C@H](C(=O)NCc1ccccc1)N(C(=O)c1csnn1)C1CC1. The van der Waals surface area contributed by atoms with Crippen LogP contribution in [0.2, 0.25) is 0 Å². The first-order valence-corrected chi connectivity index (χ1v) is 10.8. The molecule has 2 aromatic heterocycles. The molecule has 0 unspecified atom stereocenters. The minimum atomic E-state index is -0.662. The Morgan fingerprint density at radius 2 is 2.04 bits per heavy atom. The largest absolute Gasteiger partial charge is 0.350 e. The molecule has 0 radical (unpaired) electrons. The van der Waals surface area contributed by atoms with Gasteiger partial charge < -0.3 is 10.2 Å². The smallest absolute Gasteiger partial charge is 0.276 e. The fraction of sp³-hybridized carbons (Fsp3) is 0.300. The highest BCUT2D eigenvalue weighted by molar-refractivity contribution is 7.10. The van der Waals surface area contributed by atoms with Gasteiger partial charge in [-0.2, -0.15) is 0 Å². The first kappa shape index (κ1) is 18.8. The number of aryl methyl sites for hydroxylation is 1. The lowest BCUT2D eigenvalue weighted by Gasteiger charge is -2.30. The van der Waals surface area contributed by atoms with Crippen molar-refractivity contribution in [3.8, 4) is 0 Å². The van der Waals surface area contributed by atoms with Gasteiger partial charge in [-0.15, -0.1) is 16.4 Å². The summed E-state index contributed by atoms with van der Waals surface area (Å²) in [5, 5.41) is 10.6. The summed E-state index contributed by atoms with van der Waals surface area (Å²) < 4.78 is 3.81. The first-order valence-electron chi connectivity index (χ1n) is 9.10. The summed E-state index contributed by atoms with van der Waals surface area (Å²) in [6, 6.07) is 11.1. The number of nitrogens with one attached hydrogen (secondary N) is 1. The van der Waals surface area contributed by atoms with E-state index in [2.05, 4.69) is 14.9 Å². The van der Waals surface area contributed by atoms with Gasteiger partial charge in [0, 0.05) is 22.8 Å². The molecule has 1 aliphatic rings. The van der Waals surface area contributed by atoms with Crippen LogP contribution in [-0.2, 0) is 11.3 Å². The van der Waals surface area contributed by atoms with Gasteiger partial charge in [0.15, 0.2) is 5.69 Å². The maximum Gasteiger partial charge on any atom is 0.276 e. The van der Waals surface area contributed by atoms with Gasteiger partial charge in [0.25, 0.3) is 5.91 Å². The van der Waals surface area contributed by atoms with Crippen LogP contribution in [-0.4, -0.2) is 32.3 Å². The van der Waals surface area contributed by atoms with Crippen LogP contribution >= 0.6 is 22.9 Å². The Morgan fingerprint density at radius 3 is 2.64 bits per heavy atom. The predicted molar refractivity (Wildman–Crippen MR) is 109 cm³/mol. The van der Waals surface area contributed by atoms with Gasteiger partial charge in [-0.1, -0.05) is 34.8 Å².